The molecule has 0 saturated carbocycles. The Morgan fingerprint density at radius 3 is 2.75 bits per heavy atom. The minimum Gasteiger partial charge on any atom is -0.291 e. The van der Waals surface area contributed by atoms with Gasteiger partial charge in [0.15, 0.2) is 5.17 Å². The van der Waals surface area contributed by atoms with Gasteiger partial charge in [0.2, 0.25) is 5.91 Å². The zero-order valence-electron chi connectivity index (χ0n) is 12.9. The number of aliphatic imine (C=N–C) groups is 1. The van der Waals surface area contributed by atoms with Gasteiger partial charge in [0.25, 0.3) is 0 Å². The topological polar surface area (TPSA) is 32.7 Å². The Bertz CT molecular complexity index is 781. The maximum absolute atomic E-state index is 13.8. The smallest absolute Gasteiger partial charge is 0.233 e. The van der Waals surface area contributed by atoms with Crippen LogP contribution in [-0.4, -0.2) is 28.3 Å². The molecule has 0 radical (unpaired) electrons. The summed E-state index contributed by atoms with van der Waals surface area (Å²) in [5, 5.41) is 1.16. The SMILES string of the molecule is O=C(Cc1ccccc1F)N1CCCSC1=Nc1ccccc1Cl. The number of para-hydroxylation sites is 1. The van der Waals surface area contributed by atoms with Gasteiger partial charge in [-0.25, -0.2) is 9.38 Å². The van der Waals surface area contributed by atoms with Crippen molar-refractivity contribution in [2.24, 2.45) is 4.99 Å². The monoisotopic (exact) mass is 362 g/mol. The number of halogens is 2. The lowest BCUT2D eigenvalue weighted by atomic mass is 10.1. The number of carbonyl (C=O) groups is 1. The molecule has 1 fully saturated rings. The van der Waals surface area contributed by atoms with Crippen LogP contribution in [0.15, 0.2) is 53.5 Å². The third kappa shape index (κ3) is 3.97. The van der Waals surface area contributed by atoms with Gasteiger partial charge in [-0.05, 0) is 30.2 Å². The molecule has 0 aromatic heterocycles. The Morgan fingerprint density at radius 1 is 1.21 bits per heavy atom. The van der Waals surface area contributed by atoms with Crippen molar-refractivity contribution in [3.8, 4) is 0 Å². The highest BCUT2D eigenvalue weighted by molar-refractivity contribution is 8.13. The Kier molecular flexibility index (Phi) is 5.53. The highest BCUT2D eigenvalue weighted by Crippen LogP contribution is 2.28. The summed E-state index contributed by atoms with van der Waals surface area (Å²) >= 11 is 7.67. The largest absolute Gasteiger partial charge is 0.291 e. The van der Waals surface area contributed by atoms with Gasteiger partial charge in [-0.1, -0.05) is 53.7 Å². The molecule has 124 valence electrons. The molecule has 6 heteroatoms. The molecule has 0 aliphatic carbocycles. The van der Waals surface area contributed by atoms with Crippen LogP contribution in [0.5, 0.6) is 0 Å². The minimum absolute atomic E-state index is 0.0226. The molecule has 2 aromatic carbocycles. The fourth-order valence-corrected chi connectivity index (χ4v) is 3.58. The van der Waals surface area contributed by atoms with Crippen LogP contribution in [0, 0.1) is 5.82 Å². The molecule has 1 aliphatic rings. The van der Waals surface area contributed by atoms with Crippen LogP contribution in [-0.2, 0) is 11.2 Å². The van der Waals surface area contributed by atoms with Crippen molar-refractivity contribution in [2.45, 2.75) is 12.8 Å². The van der Waals surface area contributed by atoms with Gasteiger partial charge in [0.1, 0.15) is 5.82 Å². The van der Waals surface area contributed by atoms with E-state index < -0.39 is 0 Å². The molecule has 2 aromatic rings. The molecule has 0 N–H and O–H groups in total. The van der Waals surface area contributed by atoms with Crippen molar-refractivity contribution < 1.29 is 9.18 Å². The van der Waals surface area contributed by atoms with E-state index in [0.29, 0.717) is 28.0 Å². The lowest BCUT2D eigenvalue weighted by molar-refractivity contribution is -0.126. The van der Waals surface area contributed by atoms with E-state index in [9.17, 15) is 9.18 Å². The van der Waals surface area contributed by atoms with E-state index in [1.807, 2.05) is 18.2 Å². The molecular weight excluding hydrogens is 347 g/mol. The van der Waals surface area contributed by atoms with Gasteiger partial charge in [-0.15, -0.1) is 0 Å². The van der Waals surface area contributed by atoms with Gasteiger partial charge in [0, 0.05) is 12.3 Å². The van der Waals surface area contributed by atoms with E-state index in [0.717, 1.165) is 12.2 Å². The van der Waals surface area contributed by atoms with Crippen LogP contribution in [0.4, 0.5) is 10.1 Å². The third-order valence-electron chi connectivity index (χ3n) is 3.66. The molecule has 0 unspecified atom stereocenters. The second kappa shape index (κ2) is 7.81. The number of nitrogens with zero attached hydrogens (tertiary/aromatic N) is 2. The maximum Gasteiger partial charge on any atom is 0.233 e. The number of amides is 1. The van der Waals surface area contributed by atoms with Crippen molar-refractivity contribution in [3.05, 3.63) is 64.9 Å². The van der Waals surface area contributed by atoms with E-state index in [2.05, 4.69) is 4.99 Å². The first kappa shape index (κ1) is 17.0. The first-order valence-corrected chi connectivity index (χ1v) is 9.01. The highest BCUT2D eigenvalue weighted by atomic mass is 35.5. The zero-order chi connectivity index (χ0) is 16.9. The molecule has 1 heterocycles. The number of rotatable bonds is 3. The lowest BCUT2D eigenvalue weighted by Gasteiger charge is -2.28. The summed E-state index contributed by atoms with van der Waals surface area (Å²) < 4.78 is 13.8. The summed E-state index contributed by atoms with van der Waals surface area (Å²) in [6, 6.07) is 13.6. The van der Waals surface area contributed by atoms with Crippen LogP contribution >= 0.6 is 23.4 Å². The number of hydrogen-bond donors (Lipinski definition) is 0. The summed E-state index contributed by atoms with van der Waals surface area (Å²) in [6.45, 7) is 0.587. The molecule has 3 rings (SSSR count). The summed E-state index contributed by atoms with van der Waals surface area (Å²) in [7, 11) is 0. The predicted octanol–water partition coefficient (Wildman–Crippen LogP) is 4.67. The average Bonchev–Trinajstić information content (AvgIpc) is 2.59. The van der Waals surface area contributed by atoms with E-state index in [1.54, 1.807) is 29.2 Å². The second-order valence-corrected chi connectivity index (χ2v) is 6.83. The maximum atomic E-state index is 13.8. The molecule has 0 bridgehead atoms. The highest BCUT2D eigenvalue weighted by Gasteiger charge is 2.24. The first-order chi connectivity index (χ1) is 11.6. The lowest BCUT2D eigenvalue weighted by Crippen LogP contribution is -2.40. The van der Waals surface area contributed by atoms with Crippen molar-refractivity contribution in [2.75, 3.05) is 12.3 Å². The zero-order valence-corrected chi connectivity index (χ0v) is 14.5. The van der Waals surface area contributed by atoms with Crippen LogP contribution in [0.25, 0.3) is 0 Å². The van der Waals surface area contributed by atoms with Gasteiger partial charge in [-0.3, -0.25) is 9.69 Å². The molecule has 3 nitrogen and oxygen atoms in total. The second-order valence-electron chi connectivity index (χ2n) is 5.36. The summed E-state index contributed by atoms with van der Waals surface area (Å²) in [5.74, 6) is 0.380. The molecular formula is C18H16ClFN2OS. The molecule has 1 aliphatic heterocycles. The molecule has 0 spiro atoms. The van der Waals surface area contributed by atoms with Crippen molar-refractivity contribution in [1.82, 2.24) is 4.90 Å². The van der Waals surface area contributed by atoms with Crippen molar-refractivity contribution in [1.29, 1.82) is 0 Å². The standard InChI is InChI=1S/C18H16ClFN2OS/c19-14-7-2-4-9-16(14)21-18-22(10-5-11-24-18)17(23)12-13-6-1-3-8-15(13)20/h1-4,6-9H,5,10-12H2. The van der Waals surface area contributed by atoms with Crippen LogP contribution in [0.2, 0.25) is 5.02 Å². The van der Waals surface area contributed by atoms with Gasteiger partial charge < -0.3 is 0 Å². The first-order valence-electron chi connectivity index (χ1n) is 7.65. The number of thioether (sulfide) groups is 1. The molecule has 0 atom stereocenters. The minimum atomic E-state index is -0.361. The third-order valence-corrected chi connectivity index (χ3v) is 5.04. The number of carbonyl (C=O) groups excluding carboxylic acids is 1. The fraction of sp³-hybridized carbons (Fsp3) is 0.222. The fourth-order valence-electron chi connectivity index (χ4n) is 2.43. The Hall–Kier alpha value is -1.85. The summed E-state index contributed by atoms with van der Waals surface area (Å²) in [6.07, 6.45) is 0.907. The van der Waals surface area contributed by atoms with Crippen molar-refractivity contribution in [3.63, 3.8) is 0 Å². The van der Waals surface area contributed by atoms with E-state index in [1.165, 1.54) is 17.8 Å². The van der Waals surface area contributed by atoms with Crippen LogP contribution in [0.3, 0.4) is 0 Å². The number of hydrogen-bond acceptors (Lipinski definition) is 3. The quantitative estimate of drug-likeness (QED) is 0.794. The van der Waals surface area contributed by atoms with Crippen LogP contribution in [0.1, 0.15) is 12.0 Å². The normalized spacial score (nSPS) is 16.4. The Morgan fingerprint density at radius 2 is 1.96 bits per heavy atom. The average molecular weight is 363 g/mol. The number of benzene rings is 2. The van der Waals surface area contributed by atoms with E-state index >= 15 is 0 Å². The van der Waals surface area contributed by atoms with Crippen LogP contribution < -0.4 is 0 Å². The molecule has 1 saturated heterocycles. The summed E-state index contributed by atoms with van der Waals surface area (Å²) in [4.78, 5) is 18.8. The van der Waals surface area contributed by atoms with Crippen molar-refractivity contribution >= 4 is 40.1 Å². The predicted molar refractivity (Wildman–Crippen MR) is 97.4 cm³/mol. The van der Waals surface area contributed by atoms with E-state index in [-0.39, 0.29) is 18.1 Å². The van der Waals surface area contributed by atoms with Gasteiger partial charge in [0.05, 0.1) is 17.1 Å². The molecule has 1 amide bonds. The Labute approximate surface area is 149 Å². The number of amidine groups is 1. The van der Waals surface area contributed by atoms with Gasteiger partial charge in [-0.2, -0.15) is 0 Å². The Balaban J connectivity index is 1.83. The van der Waals surface area contributed by atoms with E-state index in [4.69, 9.17) is 11.6 Å². The summed E-state index contributed by atoms with van der Waals surface area (Å²) in [5.41, 5.74) is 1.03. The van der Waals surface area contributed by atoms with Gasteiger partial charge >= 0.3 is 0 Å². The molecule has 24 heavy (non-hydrogen) atoms.